The Bertz CT molecular complexity index is 393. The van der Waals surface area contributed by atoms with Gasteiger partial charge in [-0.2, -0.15) is 0 Å². The highest BCUT2D eigenvalue weighted by molar-refractivity contribution is 6.43. The number of halogens is 2. The van der Waals surface area contributed by atoms with Crippen molar-refractivity contribution < 1.29 is 9.84 Å². The lowest BCUT2D eigenvalue weighted by Gasteiger charge is -2.27. The Morgan fingerprint density at radius 1 is 1.31 bits per heavy atom. The molecule has 2 atom stereocenters. The first-order valence-electron chi connectivity index (χ1n) is 5.33. The Balaban J connectivity index is 2.29. The van der Waals surface area contributed by atoms with E-state index in [1.165, 1.54) is 0 Å². The first-order valence-corrected chi connectivity index (χ1v) is 6.09. The van der Waals surface area contributed by atoms with E-state index in [0.717, 1.165) is 11.1 Å². The van der Waals surface area contributed by atoms with Gasteiger partial charge in [0.2, 0.25) is 0 Å². The van der Waals surface area contributed by atoms with Crippen molar-refractivity contribution in [2.24, 2.45) is 0 Å². The molecule has 2 unspecified atom stereocenters. The van der Waals surface area contributed by atoms with E-state index < -0.39 is 0 Å². The maximum atomic E-state index is 9.60. The van der Waals surface area contributed by atoms with Crippen LogP contribution in [0, 0.1) is 6.92 Å². The molecule has 2 rings (SSSR count). The van der Waals surface area contributed by atoms with E-state index in [1.54, 1.807) is 0 Å². The molecule has 0 radical (unpaired) electrons. The van der Waals surface area contributed by atoms with Crippen LogP contribution in [0.4, 0.5) is 0 Å². The highest BCUT2D eigenvalue weighted by atomic mass is 35.5. The second kappa shape index (κ2) is 4.92. The maximum Gasteiger partial charge on any atom is 0.0864 e. The molecule has 2 nitrogen and oxygen atoms in total. The van der Waals surface area contributed by atoms with Crippen LogP contribution >= 0.6 is 23.2 Å². The van der Waals surface area contributed by atoms with Gasteiger partial charge in [0.15, 0.2) is 0 Å². The lowest BCUT2D eigenvalue weighted by molar-refractivity contribution is -0.0447. The van der Waals surface area contributed by atoms with Gasteiger partial charge in [-0.1, -0.05) is 35.3 Å². The number of rotatable bonds is 1. The van der Waals surface area contributed by atoms with E-state index in [-0.39, 0.29) is 12.2 Å². The van der Waals surface area contributed by atoms with E-state index >= 15 is 0 Å². The summed E-state index contributed by atoms with van der Waals surface area (Å²) < 4.78 is 5.61. The monoisotopic (exact) mass is 260 g/mol. The summed E-state index contributed by atoms with van der Waals surface area (Å²) in [7, 11) is 0. The van der Waals surface area contributed by atoms with Gasteiger partial charge in [0.25, 0.3) is 0 Å². The minimum absolute atomic E-state index is 0.144. The number of aliphatic hydroxyl groups is 1. The van der Waals surface area contributed by atoms with Crippen LogP contribution < -0.4 is 0 Å². The minimum Gasteiger partial charge on any atom is -0.393 e. The van der Waals surface area contributed by atoms with Crippen molar-refractivity contribution in [3.63, 3.8) is 0 Å². The van der Waals surface area contributed by atoms with Crippen LogP contribution in [0.1, 0.15) is 30.1 Å². The van der Waals surface area contributed by atoms with Gasteiger partial charge in [0.05, 0.1) is 22.3 Å². The fourth-order valence-electron chi connectivity index (χ4n) is 1.91. The maximum absolute atomic E-state index is 9.60. The van der Waals surface area contributed by atoms with Crippen LogP contribution in [0.2, 0.25) is 10.0 Å². The molecule has 1 heterocycles. The molecular weight excluding hydrogens is 247 g/mol. The van der Waals surface area contributed by atoms with E-state index in [9.17, 15) is 5.11 Å². The van der Waals surface area contributed by atoms with Crippen molar-refractivity contribution in [2.45, 2.75) is 32.0 Å². The molecule has 0 bridgehead atoms. The molecule has 0 aliphatic carbocycles. The highest BCUT2D eigenvalue weighted by Gasteiger charge is 2.25. The van der Waals surface area contributed by atoms with E-state index in [4.69, 9.17) is 27.9 Å². The first-order chi connectivity index (χ1) is 7.59. The molecule has 0 amide bonds. The van der Waals surface area contributed by atoms with Crippen LogP contribution in [0.25, 0.3) is 0 Å². The molecule has 88 valence electrons. The van der Waals surface area contributed by atoms with Crippen molar-refractivity contribution in [3.05, 3.63) is 33.3 Å². The van der Waals surface area contributed by atoms with Crippen molar-refractivity contribution in [2.75, 3.05) is 6.61 Å². The first kappa shape index (κ1) is 12.2. The predicted octanol–water partition coefficient (Wildman–Crippen LogP) is 3.51. The van der Waals surface area contributed by atoms with Crippen LogP contribution in [0.3, 0.4) is 0 Å². The van der Waals surface area contributed by atoms with Gasteiger partial charge in [0, 0.05) is 18.6 Å². The summed E-state index contributed by atoms with van der Waals surface area (Å²) in [6, 6.07) is 3.85. The number of aryl methyl sites for hydroxylation is 1. The molecule has 1 aliphatic heterocycles. The fourth-order valence-corrected chi connectivity index (χ4v) is 2.41. The molecule has 16 heavy (non-hydrogen) atoms. The fraction of sp³-hybridized carbons (Fsp3) is 0.500. The molecular formula is C12H14Cl2O2. The van der Waals surface area contributed by atoms with Gasteiger partial charge < -0.3 is 9.84 Å². The number of hydrogen-bond donors (Lipinski definition) is 1. The Morgan fingerprint density at radius 2 is 2.06 bits per heavy atom. The topological polar surface area (TPSA) is 29.5 Å². The molecule has 1 aromatic carbocycles. The Labute approximate surface area is 105 Å². The summed E-state index contributed by atoms with van der Waals surface area (Å²) in [4.78, 5) is 0. The molecule has 4 heteroatoms. The summed E-state index contributed by atoms with van der Waals surface area (Å²) in [6.45, 7) is 2.47. The zero-order chi connectivity index (χ0) is 11.7. The summed E-state index contributed by atoms with van der Waals surface area (Å²) >= 11 is 12.3. The van der Waals surface area contributed by atoms with Gasteiger partial charge in [0.1, 0.15) is 0 Å². The highest BCUT2D eigenvalue weighted by Crippen LogP contribution is 2.37. The minimum atomic E-state index is -0.310. The lowest BCUT2D eigenvalue weighted by atomic mass is 9.98. The van der Waals surface area contributed by atoms with Crippen molar-refractivity contribution in [1.29, 1.82) is 0 Å². The third-order valence-corrected chi connectivity index (χ3v) is 3.90. The van der Waals surface area contributed by atoms with Gasteiger partial charge in [-0.05, 0) is 18.9 Å². The van der Waals surface area contributed by atoms with Gasteiger partial charge in [-0.15, -0.1) is 0 Å². The zero-order valence-corrected chi connectivity index (χ0v) is 10.6. The second-order valence-electron chi connectivity index (χ2n) is 4.14. The van der Waals surface area contributed by atoms with Crippen molar-refractivity contribution in [3.8, 4) is 0 Å². The number of ether oxygens (including phenoxy) is 1. The number of aliphatic hydroxyl groups excluding tert-OH is 1. The van der Waals surface area contributed by atoms with E-state index in [1.807, 2.05) is 19.1 Å². The molecule has 0 spiro atoms. The standard InChI is InChI=1S/C12H14Cl2O2/c1-7-2-3-9(12(14)11(7)13)10-6-8(15)4-5-16-10/h2-3,8,10,15H,4-6H2,1H3. The average Bonchev–Trinajstić information content (AvgIpc) is 2.26. The van der Waals surface area contributed by atoms with Gasteiger partial charge >= 0.3 is 0 Å². The number of benzene rings is 1. The summed E-state index contributed by atoms with van der Waals surface area (Å²) in [5.41, 5.74) is 1.82. The number of hydrogen-bond acceptors (Lipinski definition) is 2. The Hall–Kier alpha value is -0.280. The summed E-state index contributed by atoms with van der Waals surface area (Å²) in [6.07, 6.45) is 0.816. The van der Waals surface area contributed by atoms with Crippen LogP contribution in [0.15, 0.2) is 12.1 Å². The third-order valence-electron chi connectivity index (χ3n) is 2.91. The molecule has 1 aliphatic rings. The van der Waals surface area contributed by atoms with E-state index in [2.05, 4.69) is 0 Å². The van der Waals surface area contributed by atoms with Crippen molar-refractivity contribution in [1.82, 2.24) is 0 Å². The quantitative estimate of drug-likeness (QED) is 0.838. The second-order valence-corrected chi connectivity index (χ2v) is 4.89. The van der Waals surface area contributed by atoms with E-state index in [0.29, 0.717) is 29.5 Å². The van der Waals surface area contributed by atoms with Crippen LogP contribution in [-0.4, -0.2) is 17.8 Å². The summed E-state index contributed by atoms with van der Waals surface area (Å²) in [5.74, 6) is 0. The predicted molar refractivity (Wildman–Crippen MR) is 65.1 cm³/mol. The Kier molecular flexibility index (Phi) is 3.75. The molecule has 0 saturated carbocycles. The average molecular weight is 261 g/mol. The van der Waals surface area contributed by atoms with Crippen molar-refractivity contribution >= 4 is 23.2 Å². The Morgan fingerprint density at radius 3 is 2.75 bits per heavy atom. The van der Waals surface area contributed by atoms with Gasteiger partial charge in [-0.3, -0.25) is 0 Å². The third kappa shape index (κ3) is 2.35. The molecule has 0 aromatic heterocycles. The largest absolute Gasteiger partial charge is 0.393 e. The molecule has 1 N–H and O–H groups in total. The smallest absolute Gasteiger partial charge is 0.0864 e. The van der Waals surface area contributed by atoms with Crippen LogP contribution in [0.5, 0.6) is 0 Å². The normalized spacial score (nSPS) is 25.8. The lowest BCUT2D eigenvalue weighted by Crippen LogP contribution is -2.23. The van der Waals surface area contributed by atoms with Gasteiger partial charge in [-0.25, -0.2) is 0 Å². The molecule has 1 fully saturated rings. The SMILES string of the molecule is Cc1ccc(C2CC(O)CCO2)c(Cl)c1Cl. The molecule has 1 saturated heterocycles. The summed E-state index contributed by atoms with van der Waals surface area (Å²) in [5, 5.41) is 10.7. The molecule has 1 aromatic rings. The zero-order valence-electron chi connectivity index (χ0n) is 9.04. The van der Waals surface area contributed by atoms with Crippen LogP contribution in [-0.2, 0) is 4.74 Å².